The molecule has 0 aliphatic rings. The van der Waals surface area contributed by atoms with Gasteiger partial charge in [-0.3, -0.25) is 0 Å². The minimum atomic E-state index is 0.893. The number of rotatable bonds is 6. The summed E-state index contributed by atoms with van der Waals surface area (Å²) >= 11 is 0. The Balaban J connectivity index is 1.21. The van der Waals surface area contributed by atoms with Crippen molar-refractivity contribution < 1.29 is 4.42 Å². The summed E-state index contributed by atoms with van der Waals surface area (Å²) in [5.74, 6) is 0. The third-order valence-corrected chi connectivity index (χ3v) is 9.27. The number of furan rings is 1. The zero-order chi connectivity index (χ0) is 31.9. The second-order valence-electron chi connectivity index (χ2n) is 12.1. The number of nitrogens with zero attached hydrogens (tertiary/aromatic N) is 1. The van der Waals surface area contributed by atoms with Gasteiger partial charge >= 0.3 is 0 Å². The molecule has 0 unspecified atom stereocenters. The van der Waals surface area contributed by atoms with E-state index in [4.69, 9.17) is 4.42 Å². The molecule has 0 aliphatic carbocycles. The zero-order valence-electron chi connectivity index (χ0n) is 26.3. The molecule has 9 rings (SSSR count). The average molecular weight is 614 g/mol. The fourth-order valence-corrected chi connectivity index (χ4v) is 7.10. The maximum Gasteiger partial charge on any atom is 0.136 e. The molecular weight excluding hydrogens is 583 g/mol. The van der Waals surface area contributed by atoms with Crippen LogP contribution in [0.3, 0.4) is 0 Å². The molecule has 0 bridgehead atoms. The summed E-state index contributed by atoms with van der Waals surface area (Å²) in [7, 11) is 0. The molecule has 0 spiro atoms. The van der Waals surface area contributed by atoms with Crippen molar-refractivity contribution in [2.75, 3.05) is 4.90 Å². The van der Waals surface area contributed by atoms with Crippen LogP contribution in [-0.2, 0) is 0 Å². The third-order valence-electron chi connectivity index (χ3n) is 9.27. The molecule has 48 heavy (non-hydrogen) atoms. The van der Waals surface area contributed by atoms with Crippen LogP contribution in [-0.4, -0.2) is 0 Å². The Hall–Kier alpha value is -6.38. The summed E-state index contributed by atoms with van der Waals surface area (Å²) in [6, 6.07) is 66.7. The highest BCUT2D eigenvalue weighted by atomic mass is 16.3. The van der Waals surface area contributed by atoms with Crippen LogP contribution in [0, 0.1) is 0 Å². The highest BCUT2D eigenvalue weighted by molar-refractivity contribution is 6.25. The van der Waals surface area contributed by atoms with E-state index in [1.54, 1.807) is 0 Å². The van der Waals surface area contributed by atoms with Gasteiger partial charge in [0.15, 0.2) is 0 Å². The number of benzene rings is 8. The summed E-state index contributed by atoms with van der Waals surface area (Å²) in [6.07, 6.45) is 0. The van der Waals surface area contributed by atoms with Gasteiger partial charge in [0, 0.05) is 27.7 Å². The molecule has 9 aromatic rings. The number of hydrogen-bond acceptors (Lipinski definition) is 2. The van der Waals surface area contributed by atoms with Crippen molar-refractivity contribution in [3.8, 4) is 33.4 Å². The molecule has 1 heterocycles. The molecule has 226 valence electrons. The molecule has 0 aliphatic heterocycles. The Bertz CT molecular complexity index is 2530. The zero-order valence-corrected chi connectivity index (χ0v) is 26.3. The van der Waals surface area contributed by atoms with Crippen molar-refractivity contribution in [1.29, 1.82) is 0 Å². The van der Waals surface area contributed by atoms with Crippen LogP contribution >= 0.6 is 0 Å². The molecule has 0 fully saturated rings. The largest absolute Gasteiger partial charge is 0.456 e. The predicted molar refractivity (Wildman–Crippen MR) is 202 cm³/mol. The average Bonchev–Trinajstić information content (AvgIpc) is 3.55. The third kappa shape index (κ3) is 4.74. The summed E-state index contributed by atoms with van der Waals surface area (Å²) in [4.78, 5) is 2.35. The van der Waals surface area contributed by atoms with Crippen LogP contribution in [0.1, 0.15) is 0 Å². The SMILES string of the molecule is c1ccc(-c2ccccc2N(c2ccccc2)c2ccc(-c3cccc4oc5cc(-c6ccccc6)c6ccccc6c5c34)cc2)cc1. The Morgan fingerprint density at radius 2 is 0.875 bits per heavy atom. The quantitative estimate of drug-likeness (QED) is 0.185. The van der Waals surface area contributed by atoms with Gasteiger partial charge < -0.3 is 9.32 Å². The van der Waals surface area contributed by atoms with E-state index in [-0.39, 0.29) is 0 Å². The normalized spacial score (nSPS) is 11.3. The highest BCUT2D eigenvalue weighted by Crippen LogP contribution is 2.45. The van der Waals surface area contributed by atoms with Crippen molar-refractivity contribution in [3.63, 3.8) is 0 Å². The molecule has 0 atom stereocenters. The fourth-order valence-electron chi connectivity index (χ4n) is 7.10. The molecule has 1 aromatic heterocycles. The van der Waals surface area contributed by atoms with Crippen molar-refractivity contribution in [2.24, 2.45) is 0 Å². The maximum absolute atomic E-state index is 6.61. The first-order valence-corrected chi connectivity index (χ1v) is 16.4. The lowest BCUT2D eigenvalue weighted by atomic mass is 9.92. The van der Waals surface area contributed by atoms with E-state index < -0.39 is 0 Å². The lowest BCUT2D eigenvalue weighted by Crippen LogP contribution is -2.11. The Kier molecular flexibility index (Phi) is 6.84. The Morgan fingerprint density at radius 1 is 0.333 bits per heavy atom. The van der Waals surface area contributed by atoms with E-state index in [9.17, 15) is 0 Å². The van der Waals surface area contributed by atoms with Gasteiger partial charge in [0.2, 0.25) is 0 Å². The van der Waals surface area contributed by atoms with Crippen LogP contribution in [0.2, 0.25) is 0 Å². The van der Waals surface area contributed by atoms with Crippen molar-refractivity contribution in [2.45, 2.75) is 0 Å². The van der Waals surface area contributed by atoms with Gasteiger partial charge in [-0.2, -0.15) is 0 Å². The van der Waals surface area contributed by atoms with Crippen molar-refractivity contribution in [1.82, 2.24) is 0 Å². The second kappa shape index (κ2) is 11.8. The number of fused-ring (bicyclic) bond motifs is 5. The molecule has 0 saturated carbocycles. The van der Waals surface area contributed by atoms with Crippen molar-refractivity contribution >= 4 is 49.8 Å². The van der Waals surface area contributed by atoms with Crippen molar-refractivity contribution in [3.05, 3.63) is 188 Å². The lowest BCUT2D eigenvalue weighted by molar-refractivity contribution is 0.669. The molecule has 8 aromatic carbocycles. The summed E-state index contributed by atoms with van der Waals surface area (Å²) in [5.41, 5.74) is 12.2. The molecule has 0 amide bonds. The molecule has 2 heteroatoms. The van der Waals surface area contributed by atoms with Gasteiger partial charge in [0.05, 0.1) is 5.69 Å². The van der Waals surface area contributed by atoms with E-state index in [1.807, 2.05) is 0 Å². The number of para-hydroxylation sites is 2. The first-order chi connectivity index (χ1) is 23.8. The van der Waals surface area contributed by atoms with Gasteiger partial charge in [-0.05, 0) is 81.1 Å². The van der Waals surface area contributed by atoms with E-state index in [2.05, 4.69) is 193 Å². The van der Waals surface area contributed by atoms with Crippen LogP contribution in [0.15, 0.2) is 192 Å². The summed E-state index contributed by atoms with van der Waals surface area (Å²) in [5, 5.41) is 4.72. The first-order valence-electron chi connectivity index (χ1n) is 16.4. The van der Waals surface area contributed by atoms with Gasteiger partial charge in [0.1, 0.15) is 11.2 Å². The van der Waals surface area contributed by atoms with E-state index >= 15 is 0 Å². The van der Waals surface area contributed by atoms with E-state index in [0.717, 1.165) is 50.1 Å². The summed E-state index contributed by atoms with van der Waals surface area (Å²) in [6.45, 7) is 0. The van der Waals surface area contributed by atoms with Crippen LogP contribution in [0.5, 0.6) is 0 Å². The standard InChI is InChI=1S/C46H31NO/c1-4-15-32(16-5-1)37-21-12-13-25-42(37)47(35-19-8-3-9-20-35)36-29-27-34(28-30-36)38-24-14-26-43-45(38)46-40-23-11-10-22-39(40)41(31-44(46)48-43)33-17-6-2-7-18-33/h1-31H. The van der Waals surface area contributed by atoms with Gasteiger partial charge in [-0.15, -0.1) is 0 Å². The fraction of sp³-hybridized carbons (Fsp3) is 0. The van der Waals surface area contributed by atoms with E-state index in [0.29, 0.717) is 0 Å². The summed E-state index contributed by atoms with van der Waals surface area (Å²) < 4.78 is 6.61. The Labute approximate surface area is 279 Å². The maximum atomic E-state index is 6.61. The van der Waals surface area contributed by atoms with Crippen LogP contribution in [0.4, 0.5) is 17.1 Å². The van der Waals surface area contributed by atoms with Gasteiger partial charge in [-0.25, -0.2) is 0 Å². The predicted octanol–water partition coefficient (Wildman–Crippen LogP) is 13.2. The minimum Gasteiger partial charge on any atom is -0.456 e. The second-order valence-corrected chi connectivity index (χ2v) is 12.1. The molecule has 0 N–H and O–H groups in total. The van der Waals surface area contributed by atoms with Gasteiger partial charge in [0.25, 0.3) is 0 Å². The number of anilines is 3. The lowest BCUT2D eigenvalue weighted by Gasteiger charge is -2.28. The monoisotopic (exact) mass is 613 g/mol. The molecule has 0 saturated heterocycles. The van der Waals surface area contributed by atoms with Crippen LogP contribution < -0.4 is 4.90 Å². The molecule has 0 radical (unpaired) electrons. The molecular formula is C46H31NO. The van der Waals surface area contributed by atoms with Gasteiger partial charge in [-0.1, -0.05) is 146 Å². The minimum absolute atomic E-state index is 0.893. The van der Waals surface area contributed by atoms with E-state index in [1.165, 1.54) is 33.0 Å². The smallest absolute Gasteiger partial charge is 0.136 e. The first kappa shape index (κ1) is 27.9. The van der Waals surface area contributed by atoms with Crippen LogP contribution in [0.25, 0.3) is 66.1 Å². The highest BCUT2D eigenvalue weighted by Gasteiger charge is 2.20. The number of hydrogen-bond donors (Lipinski definition) is 0. The topological polar surface area (TPSA) is 16.4 Å². The Morgan fingerprint density at radius 3 is 1.60 bits per heavy atom. The molecule has 2 nitrogen and oxygen atoms in total.